The summed E-state index contributed by atoms with van der Waals surface area (Å²) >= 11 is 1.26. The van der Waals surface area contributed by atoms with Crippen LogP contribution < -0.4 is 4.74 Å². The third-order valence-corrected chi connectivity index (χ3v) is 14.8. The molecular formula is C30H50N3O2SSi+. The Morgan fingerprint density at radius 2 is 1.62 bits per heavy atom. The van der Waals surface area contributed by atoms with Crippen molar-refractivity contribution < 1.29 is 13.6 Å². The maximum atomic E-state index is 7.57. The van der Waals surface area contributed by atoms with Crippen molar-refractivity contribution in [2.24, 2.45) is 0 Å². The lowest BCUT2D eigenvalue weighted by molar-refractivity contribution is -0.953. The van der Waals surface area contributed by atoms with Crippen LogP contribution in [0.4, 0.5) is 0 Å². The van der Waals surface area contributed by atoms with Crippen molar-refractivity contribution in [3.05, 3.63) is 47.7 Å². The molecule has 0 saturated carbocycles. The Labute approximate surface area is 231 Å². The van der Waals surface area contributed by atoms with Crippen molar-refractivity contribution in [2.75, 3.05) is 26.7 Å². The zero-order valence-corrected chi connectivity index (χ0v) is 26.3. The Morgan fingerprint density at radius 1 is 0.946 bits per heavy atom. The van der Waals surface area contributed by atoms with Crippen molar-refractivity contribution in [3.63, 3.8) is 0 Å². The highest BCUT2D eigenvalue weighted by Crippen LogP contribution is 2.48. The summed E-state index contributed by atoms with van der Waals surface area (Å²) in [5, 5.41) is 0. The zero-order chi connectivity index (χ0) is 27.1. The van der Waals surface area contributed by atoms with E-state index in [0.29, 0.717) is 29.1 Å². The largest absolute Gasteiger partial charge is 0.475 e. The maximum absolute atomic E-state index is 7.57. The summed E-state index contributed by atoms with van der Waals surface area (Å²) in [4.78, 5) is 0. The molecule has 206 valence electrons. The number of hydrogen-bond acceptors (Lipinski definition) is 5. The van der Waals surface area contributed by atoms with E-state index in [1.54, 1.807) is 0 Å². The van der Waals surface area contributed by atoms with Crippen molar-refractivity contribution in [2.45, 2.75) is 103 Å². The van der Waals surface area contributed by atoms with Gasteiger partial charge in [-0.15, -0.1) is 4.37 Å². The van der Waals surface area contributed by atoms with Crippen molar-refractivity contribution in [1.29, 1.82) is 0 Å². The van der Waals surface area contributed by atoms with Gasteiger partial charge in [-0.05, 0) is 23.0 Å². The van der Waals surface area contributed by atoms with Gasteiger partial charge in [-0.1, -0.05) is 104 Å². The molecule has 1 aliphatic rings. The summed E-state index contributed by atoms with van der Waals surface area (Å²) in [7, 11) is 0.253. The van der Waals surface area contributed by atoms with Crippen LogP contribution in [0, 0.1) is 0 Å². The average Bonchev–Trinajstić information content (AvgIpc) is 3.33. The van der Waals surface area contributed by atoms with Gasteiger partial charge >= 0.3 is 0 Å². The van der Waals surface area contributed by atoms with E-state index in [0.717, 1.165) is 36.1 Å². The lowest BCUT2D eigenvalue weighted by Crippen LogP contribution is -2.57. The standard InChI is InChI=1S/C30H50N3O2SSi/c1-9-10-11-15-21-34-29-28(31-36-32-29)27-19-16-20-33(8,22-27)30(26-17-13-12-14-18-26)35-37(23(2)3,24(4)5)25(6)7/h12-14,17-19,23-25,30H,9-11,15-16,20-22H2,1-8H3/q+1. The molecule has 0 fully saturated rings. The lowest BCUT2D eigenvalue weighted by Gasteiger charge is -2.50. The summed E-state index contributed by atoms with van der Waals surface area (Å²) in [6.45, 7) is 19.1. The molecule has 1 aromatic carbocycles. The molecule has 1 aliphatic heterocycles. The Morgan fingerprint density at radius 3 is 2.24 bits per heavy atom. The number of nitrogens with zero attached hydrogens (tertiary/aromatic N) is 3. The van der Waals surface area contributed by atoms with E-state index in [9.17, 15) is 0 Å². The van der Waals surface area contributed by atoms with Gasteiger partial charge in [0.15, 0.2) is 0 Å². The monoisotopic (exact) mass is 544 g/mol. The third-order valence-electron chi connectivity index (χ3n) is 8.24. The van der Waals surface area contributed by atoms with E-state index in [4.69, 9.17) is 13.5 Å². The van der Waals surface area contributed by atoms with Gasteiger partial charge in [0, 0.05) is 17.6 Å². The topological polar surface area (TPSA) is 44.2 Å². The van der Waals surface area contributed by atoms with Gasteiger partial charge in [0.1, 0.15) is 12.2 Å². The minimum atomic E-state index is -2.12. The molecule has 5 nitrogen and oxygen atoms in total. The number of ether oxygens (including phenoxy) is 1. The summed E-state index contributed by atoms with van der Waals surface area (Å²) in [5.74, 6) is 0.702. The number of unbranched alkanes of at least 4 members (excludes halogenated alkanes) is 3. The van der Waals surface area contributed by atoms with Crippen LogP contribution in [0.15, 0.2) is 36.4 Å². The summed E-state index contributed by atoms with van der Waals surface area (Å²) in [6.07, 6.45) is 8.06. The number of likely N-dealkylation sites (N-methyl/N-ethyl adjacent to an activating group) is 1. The third kappa shape index (κ3) is 6.91. The molecule has 2 atom stereocenters. The molecule has 37 heavy (non-hydrogen) atoms. The number of rotatable bonds is 14. The number of aromatic nitrogens is 2. The summed E-state index contributed by atoms with van der Waals surface area (Å²) in [6, 6.07) is 10.9. The molecule has 0 spiro atoms. The van der Waals surface area contributed by atoms with E-state index in [1.807, 2.05) is 0 Å². The van der Waals surface area contributed by atoms with Crippen molar-refractivity contribution in [3.8, 4) is 5.88 Å². The molecule has 0 N–H and O–H groups in total. The first-order valence-electron chi connectivity index (χ1n) is 14.4. The molecule has 0 saturated heterocycles. The maximum Gasteiger partial charge on any atom is 0.253 e. The SMILES string of the molecule is CCCCCCOc1nsnc1C1=CCC[N+](C)(C(O[Si](C(C)C)(C(C)C)C(C)C)c2ccccc2)C1. The van der Waals surface area contributed by atoms with Crippen molar-refractivity contribution in [1.82, 2.24) is 8.75 Å². The van der Waals surface area contributed by atoms with Gasteiger partial charge in [0.2, 0.25) is 14.5 Å². The highest BCUT2D eigenvalue weighted by molar-refractivity contribution is 6.99. The molecule has 0 amide bonds. The van der Waals surface area contributed by atoms with E-state index in [-0.39, 0.29) is 6.23 Å². The van der Waals surface area contributed by atoms with Crippen LogP contribution in [0.25, 0.3) is 5.57 Å². The fraction of sp³-hybridized carbons (Fsp3) is 0.667. The van der Waals surface area contributed by atoms with Crippen LogP contribution in [0.5, 0.6) is 5.88 Å². The fourth-order valence-corrected chi connectivity index (χ4v) is 12.5. The number of quaternary nitrogens is 1. The van der Waals surface area contributed by atoms with Crippen LogP contribution in [0.3, 0.4) is 0 Å². The van der Waals surface area contributed by atoms with Gasteiger partial charge in [0.05, 0.1) is 31.9 Å². The molecule has 2 aromatic rings. The smallest absolute Gasteiger partial charge is 0.253 e. The van der Waals surface area contributed by atoms with Crippen LogP contribution in [0.2, 0.25) is 16.6 Å². The van der Waals surface area contributed by atoms with Gasteiger partial charge < -0.3 is 9.16 Å². The minimum absolute atomic E-state index is 0.0197. The van der Waals surface area contributed by atoms with Crippen LogP contribution in [-0.2, 0) is 4.43 Å². The Hall–Kier alpha value is -1.54. The number of hydrogen-bond donors (Lipinski definition) is 0. The molecule has 3 rings (SSSR count). The van der Waals surface area contributed by atoms with E-state index < -0.39 is 8.32 Å². The average molecular weight is 545 g/mol. The Balaban J connectivity index is 1.92. The molecule has 7 heteroatoms. The van der Waals surface area contributed by atoms with Gasteiger partial charge in [-0.25, -0.2) is 0 Å². The molecular weight excluding hydrogens is 495 g/mol. The molecule has 0 bridgehead atoms. The van der Waals surface area contributed by atoms with E-state index >= 15 is 0 Å². The minimum Gasteiger partial charge on any atom is -0.475 e. The lowest BCUT2D eigenvalue weighted by atomic mass is 10.0. The molecule has 2 unspecified atom stereocenters. The quantitative estimate of drug-likeness (QED) is 0.136. The fourth-order valence-electron chi connectivity index (χ4n) is 6.38. The summed E-state index contributed by atoms with van der Waals surface area (Å²) in [5.41, 5.74) is 5.02. The molecule has 2 heterocycles. The highest BCUT2D eigenvalue weighted by atomic mass is 32.1. The second kappa shape index (κ2) is 13.5. The second-order valence-electron chi connectivity index (χ2n) is 11.9. The van der Waals surface area contributed by atoms with Gasteiger partial charge in [0.25, 0.3) is 5.88 Å². The first kappa shape index (κ1) is 30.0. The van der Waals surface area contributed by atoms with Crippen molar-refractivity contribution >= 4 is 25.6 Å². The predicted octanol–water partition coefficient (Wildman–Crippen LogP) is 8.62. The normalized spacial score (nSPS) is 19.5. The summed E-state index contributed by atoms with van der Waals surface area (Å²) < 4.78 is 23.7. The van der Waals surface area contributed by atoms with Gasteiger partial charge in [-0.3, -0.25) is 4.48 Å². The van der Waals surface area contributed by atoms with E-state index in [1.165, 1.54) is 42.1 Å². The van der Waals surface area contributed by atoms with Crippen LogP contribution >= 0.6 is 11.7 Å². The predicted molar refractivity (Wildman–Crippen MR) is 159 cm³/mol. The first-order chi connectivity index (χ1) is 17.7. The van der Waals surface area contributed by atoms with Crippen LogP contribution in [0.1, 0.15) is 98.1 Å². The van der Waals surface area contributed by atoms with Crippen LogP contribution in [-0.4, -0.2) is 48.3 Å². The second-order valence-corrected chi connectivity index (χ2v) is 17.8. The molecule has 1 aromatic heterocycles. The Kier molecular flexibility index (Phi) is 10.9. The molecule has 0 radical (unpaired) electrons. The molecule has 0 aliphatic carbocycles. The van der Waals surface area contributed by atoms with E-state index in [2.05, 4.69) is 96.3 Å². The zero-order valence-electron chi connectivity index (χ0n) is 24.5. The first-order valence-corrected chi connectivity index (χ1v) is 17.2. The highest BCUT2D eigenvalue weighted by Gasteiger charge is 2.51. The van der Waals surface area contributed by atoms with Gasteiger partial charge in [-0.2, -0.15) is 4.37 Å². The number of benzene rings is 1. The Bertz CT molecular complexity index is 970.